The number of hydrogen-bond acceptors (Lipinski definition) is 2. The summed E-state index contributed by atoms with van der Waals surface area (Å²) in [5.41, 5.74) is 5.56. The maximum absolute atomic E-state index is 11.4. The van der Waals surface area contributed by atoms with Gasteiger partial charge < -0.3 is 5.73 Å². The van der Waals surface area contributed by atoms with Gasteiger partial charge >= 0.3 is 0 Å². The Hall–Kier alpha value is 0.0700. The molecular formula is C8H18N2OS. The lowest BCUT2D eigenvalue weighted by Crippen LogP contribution is -2.37. The second kappa shape index (κ2) is 4.94. The third-order valence-corrected chi connectivity index (χ3v) is 3.88. The molecule has 0 bridgehead atoms. The molecular weight excluding hydrogens is 172 g/mol. The summed E-state index contributed by atoms with van der Waals surface area (Å²) in [7, 11) is -0.738. The van der Waals surface area contributed by atoms with Gasteiger partial charge in [0.1, 0.15) is 0 Å². The van der Waals surface area contributed by atoms with E-state index in [0.717, 1.165) is 38.2 Å². The summed E-state index contributed by atoms with van der Waals surface area (Å²) in [5, 5.41) is 0. The van der Waals surface area contributed by atoms with Gasteiger partial charge in [-0.1, -0.05) is 6.92 Å². The zero-order chi connectivity index (χ0) is 8.97. The molecule has 0 aromatic heterocycles. The van der Waals surface area contributed by atoms with Crippen LogP contribution in [-0.2, 0) is 11.0 Å². The number of hydrogen-bond donors (Lipinski definition) is 1. The van der Waals surface area contributed by atoms with Crippen LogP contribution in [-0.4, -0.2) is 33.9 Å². The van der Waals surface area contributed by atoms with Gasteiger partial charge in [0.25, 0.3) is 0 Å². The smallest absolute Gasteiger partial charge is 0.0939 e. The molecule has 1 atom stereocenters. The van der Waals surface area contributed by atoms with E-state index in [1.54, 1.807) is 0 Å². The highest BCUT2D eigenvalue weighted by Gasteiger charge is 2.20. The van der Waals surface area contributed by atoms with Crippen molar-refractivity contribution in [2.24, 2.45) is 11.7 Å². The predicted molar refractivity (Wildman–Crippen MR) is 52.0 cm³/mol. The summed E-state index contributed by atoms with van der Waals surface area (Å²) >= 11 is 0. The van der Waals surface area contributed by atoms with E-state index in [1.807, 2.05) is 6.92 Å². The second-order valence-corrected chi connectivity index (χ2v) is 4.95. The minimum atomic E-state index is -0.738. The summed E-state index contributed by atoms with van der Waals surface area (Å²) in [5.74, 6) is 1.41. The van der Waals surface area contributed by atoms with Crippen LogP contribution >= 0.6 is 0 Å². The first-order valence-corrected chi connectivity index (χ1v) is 5.89. The molecule has 12 heavy (non-hydrogen) atoms. The molecule has 0 saturated carbocycles. The van der Waals surface area contributed by atoms with Gasteiger partial charge in [-0.25, -0.2) is 8.51 Å². The van der Waals surface area contributed by atoms with Crippen molar-refractivity contribution in [3.05, 3.63) is 0 Å². The van der Waals surface area contributed by atoms with E-state index in [0.29, 0.717) is 5.92 Å². The predicted octanol–water partition coefficient (Wildman–Crippen LogP) is 0.341. The first kappa shape index (κ1) is 10.2. The highest BCUT2D eigenvalue weighted by molar-refractivity contribution is 7.82. The lowest BCUT2D eigenvalue weighted by molar-refractivity contribution is 0.289. The Labute approximate surface area is 76.9 Å². The van der Waals surface area contributed by atoms with Gasteiger partial charge in [-0.3, -0.25) is 0 Å². The van der Waals surface area contributed by atoms with Crippen LogP contribution in [0.15, 0.2) is 0 Å². The highest BCUT2D eigenvalue weighted by Crippen LogP contribution is 2.16. The summed E-state index contributed by atoms with van der Waals surface area (Å²) in [6.45, 7) is 4.67. The van der Waals surface area contributed by atoms with Crippen molar-refractivity contribution >= 4 is 11.0 Å². The number of nitrogens with zero attached hydrogens (tertiary/aromatic N) is 1. The van der Waals surface area contributed by atoms with Crippen LogP contribution in [0.2, 0.25) is 0 Å². The molecule has 1 rings (SSSR count). The van der Waals surface area contributed by atoms with Crippen molar-refractivity contribution in [1.29, 1.82) is 0 Å². The van der Waals surface area contributed by atoms with Crippen LogP contribution in [0.25, 0.3) is 0 Å². The summed E-state index contributed by atoms with van der Waals surface area (Å²) < 4.78 is 13.4. The van der Waals surface area contributed by atoms with Crippen molar-refractivity contribution in [3.63, 3.8) is 0 Å². The molecule has 0 aromatic carbocycles. The number of rotatable bonds is 3. The third kappa shape index (κ3) is 2.54. The average molecular weight is 190 g/mol. The minimum absolute atomic E-state index is 0.662. The fourth-order valence-corrected chi connectivity index (χ4v) is 2.51. The molecule has 3 nitrogen and oxygen atoms in total. The van der Waals surface area contributed by atoms with Gasteiger partial charge in [0, 0.05) is 18.8 Å². The molecule has 0 radical (unpaired) electrons. The lowest BCUT2D eigenvalue weighted by Gasteiger charge is -2.29. The van der Waals surface area contributed by atoms with Gasteiger partial charge in [-0.05, 0) is 25.3 Å². The number of piperidine rings is 1. The minimum Gasteiger partial charge on any atom is -0.330 e. The molecule has 2 N–H and O–H groups in total. The average Bonchev–Trinajstić information content (AvgIpc) is 2.17. The third-order valence-electron chi connectivity index (χ3n) is 2.44. The normalized spacial score (nSPS) is 24.2. The largest absolute Gasteiger partial charge is 0.330 e. The van der Waals surface area contributed by atoms with E-state index in [2.05, 4.69) is 4.31 Å². The van der Waals surface area contributed by atoms with Gasteiger partial charge in [-0.15, -0.1) is 0 Å². The monoisotopic (exact) mass is 190 g/mol. The highest BCUT2D eigenvalue weighted by atomic mass is 32.2. The zero-order valence-corrected chi connectivity index (χ0v) is 8.48. The molecule has 4 heteroatoms. The fourth-order valence-electron chi connectivity index (χ4n) is 1.53. The van der Waals surface area contributed by atoms with Gasteiger partial charge in [-0.2, -0.15) is 0 Å². The molecule has 1 unspecified atom stereocenters. The van der Waals surface area contributed by atoms with E-state index < -0.39 is 11.0 Å². The standard InChI is InChI=1S/C8H18N2OS/c1-2-12(11)10-5-3-8(7-9)4-6-10/h8H,2-7,9H2,1H3. The fraction of sp³-hybridized carbons (Fsp3) is 1.00. The quantitative estimate of drug-likeness (QED) is 0.697. The summed E-state index contributed by atoms with van der Waals surface area (Å²) in [6.07, 6.45) is 2.23. The Bertz CT molecular complexity index is 155. The Kier molecular flexibility index (Phi) is 4.18. The Balaban J connectivity index is 2.30. The van der Waals surface area contributed by atoms with Gasteiger partial charge in [0.05, 0.1) is 11.0 Å². The van der Waals surface area contributed by atoms with Crippen molar-refractivity contribution in [2.45, 2.75) is 19.8 Å². The SMILES string of the molecule is CCS(=O)N1CCC(CN)CC1. The molecule has 1 aliphatic rings. The van der Waals surface area contributed by atoms with E-state index in [-0.39, 0.29) is 0 Å². The van der Waals surface area contributed by atoms with Crippen molar-refractivity contribution in [3.8, 4) is 0 Å². The summed E-state index contributed by atoms with van der Waals surface area (Å²) in [6, 6.07) is 0. The second-order valence-electron chi connectivity index (χ2n) is 3.22. The van der Waals surface area contributed by atoms with Gasteiger partial charge in [0.15, 0.2) is 0 Å². The molecule has 0 aromatic rings. The van der Waals surface area contributed by atoms with E-state index in [1.165, 1.54) is 0 Å². The van der Waals surface area contributed by atoms with Crippen LogP contribution in [0, 0.1) is 5.92 Å². The topological polar surface area (TPSA) is 46.3 Å². The van der Waals surface area contributed by atoms with Crippen LogP contribution in [0.3, 0.4) is 0 Å². The molecule has 1 saturated heterocycles. The molecule has 0 amide bonds. The van der Waals surface area contributed by atoms with Crippen molar-refractivity contribution in [2.75, 3.05) is 25.4 Å². The van der Waals surface area contributed by atoms with Crippen LogP contribution in [0.1, 0.15) is 19.8 Å². The van der Waals surface area contributed by atoms with Crippen molar-refractivity contribution < 1.29 is 4.21 Å². The first-order valence-electron chi connectivity index (χ1n) is 4.61. The molecule has 1 fully saturated rings. The molecule has 1 heterocycles. The molecule has 1 aliphatic heterocycles. The molecule has 0 spiro atoms. The maximum atomic E-state index is 11.4. The van der Waals surface area contributed by atoms with E-state index >= 15 is 0 Å². The van der Waals surface area contributed by atoms with Crippen molar-refractivity contribution in [1.82, 2.24) is 4.31 Å². The Morgan fingerprint density at radius 2 is 2.08 bits per heavy atom. The maximum Gasteiger partial charge on any atom is 0.0939 e. The Morgan fingerprint density at radius 3 is 2.50 bits per heavy atom. The zero-order valence-electron chi connectivity index (χ0n) is 7.66. The van der Waals surface area contributed by atoms with Crippen LogP contribution in [0.4, 0.5) is 0 Å². The summed E-state index contributed by atoms with van der Waals surface area (Å²) in [4.78, 5) is 0. The van der Waals surface area contributed by atoms with Crippen LogP contribution in [0.5, 0.6) is 0 Å². The first-order chi connectivity index (χ1) is 5.77. The number of nitrogens with two attached hydrogens (primary N) is 1. The van der Waals surface area contributed by atoms with E-state index in [4.69, 9.17) is 5.73 Å². The van der Waals surface area contributed by atoms with Crippen LogP contribution < -0.4 is 5.73 Å². The lowest BCUT2D eigenvalue weighted by atomic mass is 9.99. The Morgan fingerprint density at radius 1 is 1.50 bits per heavy atom. The van der Waals surface area contributed by atoms with E-state index in [9.17, 15) is 4.21 Å². The molecule has 72 valence electrons. The molecule has 0 aliphatic carbocycles. The van der Waals surface area contributed by atoms with Gasteiger partial charge in [0.2, 0.25) is 0 Å².